The summed E-state index contributed by atoms with van der Waals surface area (Å²) >= 11 is 0. The molecule has 2 N–H and O–H groups in total. The molecule has 0 saturated heterocycles. The van der Waals surface area contributed by atoms with Crippen LogP contribution in [-0.2, 0) is 40.1 Å². The first kappa shape index (κ1) is 17.7. The minimum atomic E-state index is -1.20. The van der Waals surface area contributed by atoms with Crippen molar-refractivity contribution in [3.8, 4) is 0 Å². The van der Waals surface area contributed by atoms with Gasteiger partial charge >= 0.3 is 5.97 Å². The average molecular weight is 364 g/mol. The van der Waals surface area contributed by atoms with Gasteiger partial charge in [-0.15, -0.1) is 0 Å². The lowest BCUT2D eigenvalue weighted by Gasteiger charge is -2.27. The Kier molecular flexibility index (Phi) is 4.70. The third-order valence-corrected chi connectivity index (χ3v) is 5.59. The molecule has 0 atom stereocenters. The van der Waals surface area contributed by atoms with Gasteiger partial charge in [-0.05, 0) is 61.1 Å². The Balaban J connectivity index is 1.66. The third-order valence-electron chi connectivity index (χ3n) is 5.59. The molecule has 5 heteroatoms. The number of rotatable bonds is 4. The molecule has 4 rings (SSSR count). The zero-order chi connectivity index (χ0) is 18.9. The van der Waals surface area contributed by atoms with Gasteiger partial charge in [0.15, 0.2) is 5.41 Å². The van der Waals surface area contributed by atoms with Gasteiger partial charge < -0.3 is 15.4 Å². The van der Waals surface area contributed by atoms with Crippen molar-refractivity contribution < 1.29 is 14.3 Å². The average Bonchev–Trinajstić information content (AvgIpc) is 3.09. The number of anilines is 1. The minimum Gasteiger partial charge on any atom is -0.465 e. The van der Waals surface area contributed by atoms with E-state index in [-0.39, 0.29) is 12.5 Å². The second-order valence-electron chi connectivity index (χ2n) is 7.25. The van der Waals surface area contributed by atoms with Crippen LogP contribution >= 0.6 is 0 Å². The molecule has 0 aromatic heterocycles. The highest BCUT2D eigenvalue weighted by atomic mass is 16.5. The molecule has 5 nitrogen and oxygen atoms in total. The van der Waals surface area contributed by atoms with E-state index in [4.69, 9.17) is 4.74 Å². The standard InChI is InChI=1S/C22H24N2O3/c1-2-27-21(26)22(12-15-6-3-4-7-16(15)13-22)20(25)24-19-9-5-8-17-14-23-11-10-18(17)19/h3-9,23H,2,10-14H2,1H3,(H,24,25). The molecule has 0 unspecified atom stereocenters. The Morgan fingerprint density at radius 2 is 1.78 bits per heavy atom. The van der Waals surface area contributed by atoms with Crippen molar-refractivity contribution in [2.24, 2.45) is 5.41 Å². The van der Waals surface area contributed by atoms with Crippen LogP contribution in [0.15, 0.2) is 42.5 Å². The summed E-state index contributed by atoms with van der Waals surface area (Å²) in [7, 11) is 0. The molecule has 0 fully saturated rings. The smallest absolute Gasteiger partial charge is 0.322 e. The largest absolute Gasteiger partial charge is 0.465 e. The Labute approximate surface area is 159 Å². The van der Waals surface area contributed by atoms with E-state index in [2.05, 4.69) is 16.7 Å². The van der Waals surface area contributed by atoms with Gasteiger partial charge in [-0.3, -0.25) is 9.59 Å². The van der Waals surface area contributed by atoms with Crippen molar-refractivity contribution in [2.75, 3.05) is 18.5 Å². The lowest BCUT2D eigenvalue weighted by Crippen LogP contribution is -2.45. The van der Waals surface area contributed by atoms with Gasteiger partial charge in [0.05, 0.1) is 6.61 Å². The predicted molar refractivity (Wildman–Crippen MR) is 103 cm³/mol. The lowest BCUT2D eigenvalue weighted by atomic mass is 9.83. The van der Waals surface area contributed by atoms with Gasteiger partial charge in [0.2, 0.25) is 5.91 Å². The van der Waals surface area contributed by atoms with E-state index in [0.717, 1.165) is 41.9 Å². The zero-order valence-corrected chi connectivity index (χ0v) is 15.5. The van der Waals surface area contributed by atoms with E-state index < -0.39 is 11.4 Å². The Bertz CT molecular complexity index is 866. The molecule has 2 aromatic carbocycles. The van der Waals surface area contributed by atoms with Gasteiger partial charge in [0.1, 0.15) is 0 Å². The van der Waals surface area contributed by atoms with Crippen LogP contribution in [0.25, 0.3) is 0 Å². The fraction of sp³-hybridized carbons (Fsp3) is 0.364. The van der Waals surface area contributed by atoms with Gasteiger partial charge in [0.25, 0.3) is 0 Å². The Morgan fingerprint density at radius 1 is 1.07 bits per heavy atom. The van der Waals surface area contributed by atoms with Crippen LogP contribution in [0, 0.1) is 5.41 Å². The molecule has 1 aliphatic carbocycles. The van der Waals surface area contributed by atoms with Crippen LogP contribution in [0.3, 0.4) is 0 Å². The van der Waals surface area contributed by atoms with Crippen molar-refractivity contribution in [1.29, 1.82) is 0 Å². The summed E-state index contributed by atoms with van der Waals surface area (Å²) in [5, 5.41) is 6.40. The van der Waals surface area contributed by atoms with Gasteiger partial charge in [-0.2, -0.15) is 0 Å². The third kappa shape index (κ3) is 3.12. The molecule has 1 aliphatic heterocycles. The molecule has 0 bridgehead atoms. The first-order valence-electron chi connectivity index (χ1n) is 9.51. The van der Waals surface area contributed by atoms with Crippen molar-refractivity contribution in [2.45, 2.75) is 32.7 Å². The zero-order valence-electron chi connectivity index (χ0n) is 15.5. The molecule has 0 spiro atoms. The monoisotopic (exact) mass is 364 g/mol. The number of amides is 1. The number of hydrogen-bond donors (Lipinski definition) is 2. The van der Waals surface area contributed by atoms with E-state index in [1.165, 1.54) is 5.56 Å². The van der Waals surface area contributed by atoms with E-state index in [9.17, 15) is 9.59 Å². The summed E-state index contributed by atoms with van der Waals surface area (Å²) in [6.07, 6.45) is 1.62. The molecule has 2 aromatic rings. The lowest BCUT2D eigenvalue weighted by molar-refractivity contribution is -0.158. The summed E-state index contributed by atoms with van der Waals surface area (Å²) in [4.78, 5) is 26.2. The Morgan fingerprint density at radius 3 is 2.48 bits per heavy atom. The maximum atomic E-state index is 13.4. The first-order valence-corrected chi connectivity index (χ1v) is 9.51. The number of hydrogen-bond acceptors (Lipinski definition) is 4. The fourth-order valence-corrected chi connectivity index (χ4v) is 4.17. The maximum absolute atomic E-state index is 13.4. The van der Waals surface area contributed by atoms with Crippen LogP contribution in [-0.4, -0.2) is 25.0 Å². The number of benzene rings is 2. The molecule has 1 heterocycles. The van der Waals surface area contributed by atoms with Crippen molar-refractivity contribution >= 4 is 17.6 Å². The maximum Gasteiger partial charge on any atom is 0.322 e. The topological polar surface area (TPSA) is 67.4 Å². The van der Waals surface area contributed by atoms with Crippen LogP contribution in [0.1, 0.15) is 29.2 Å². The number of carbonyl (C=O) groups excluding carboxylic acids is 2. The summed E-state index contributed by atoms with van der Waals surface area (Å²) in [5.41, 5.74) is 4.03. The normalized spacial score (nSPS) is 16.9. The predicted octanol–water partition coefficient (Wildman–Crippen LogP) is 2.62. The summed E-state index contributed by atoms with van der Waals surface area (Å²) in [6, 6.07) is 13.8. The number of nitrogens with one attached hydrogen (secondary N) is 2. The van der Waals surface area contributed by atoms with E-state index in [1.807, 2.05) is 36.4 Å². The SMILES string of the molecule is CCOC(=O)C1(C(=O)Nc2cccc3c2CCNC3)Cc2ccccc2C1. The molecular weight excluding hydrogens is 340 g/mol. The van der Waals surface area contributed by atoms with Crippen LogP contribution in [0.5, 0.6) is 0 Å². The highest BCUT2D eigenvalue weighted by Gasteiger charge is 2.51. The van der Waals surface area contributed by atoms with Crippen LogP contribution in [0.4, 0.5) is 5.69 Å². The molecule has 0 saturated carbocycles. The van der Waals surface area contributed by atoms with Gasteiger partial charge in [-0.1, -0.05) is 36.4 Å². The van der Waals surface area contributed by atoms with Gasteiger partial charge in [0, 0.05) is 12.2 Å². The summed E-state index contributed by atoms with van der Waals surface area (Å²) in [6.45, 7) is 3.71. The first-order chi connectivity index (χ1) is 13.1. The van der Waals surface area contributed by atoms with Crippen molar-refractivity contribution in [1.82, 2.24) is 5.32 Å². The molecular formula is C22H24N2O3. The van der Waals surface area contributed by atoms with Gasteiger partial charge in [-0.25, -0.2) is 0 Å². The minimum absolute atomic E-state index is 0.261. The second kappa shape index (κ2) is 7.16. The molecule has 140 valence electrons. The quantitative estimate of drug-likeness (QED) is 0.646. The fourth-order valence-electron chi connectivity index (χ4n) is 4.17. The molecule has 27 heavy (non-hydrogen) atoms. The van der Waals surface area contributed by atoms with E-state index >= 15 is 0 Å². The number of fused-ring (bicyclic) bond motifs is 2. The van der Waals surface area contributed by atoms with E-state index in [0.29, 0.717) is 12.8 Å². The number of esters is 1. The summed E-state index contributed by atoms with van der Waals surface area (Å²) < 4.78 is 5.32. The van der Waals surface area contributed by atoms with E-state index in [1.54, 1.807) is 6.92 Å². The summed E-state index contributed by atoms with van der Waals surface area (Å²) in [5.74, 6) is -0.714. The number of carbonyl (C=O) groups is 2. The second-order valence-corrected chi connectivity index (χ2v) is 7.25. The van der Waals surface area contributed by atoms with Crippen LogP contribution in [0.2, 0.25) is 0 Å². The molecule has 2 aliphatic rings. The Hall–Kier alpha value is -2.66. The molecule has 0 radical (unpaired) electrons. The van der Waals surface area contributed by atoms with Crippen LogP contribution < -0.4 is 10.6 Å². The molecule has 1 amide bonds. The van der Waals surface area contributed by atoms with Crippen molar-refractivity contribution in [3.63, 3.8) is 0 Å². The van der Waals surface area contributed by atoms with Crippen molar-refractivity contribution in [3.05, 3.63) is 64.7 Å². The highest BCUT2D eigenvalue weighted by Crippen LogP contribution is 2.39. The highest BCUT2D eigenvalue weighted by molar-refractivity contribution is 6.10. The number of ether oxygens (including phenoxy) is 1.